The van der Waals surface area contributed by atoms with Crippen molar-refractivity contribution in [2.75, 3.05) is 11.4 Å². The summed E-state index contributed by atoms with van der Waals surface area (Å²) in [4.78, 5) is 14.3. The first-order valence-electron chi connectivity index (χ1n) is 6.65. The second kappa shape index (κ2) is 5.58. The van der Waals surface area contributed by atoms with Gasteiger partial charge < -0.3 is 10.0 Å². The molecule has 1 amide bonds. The Balaban J connectivity index is 2.02. The van der Waals surface area contributed by atoms with Gasteiger partial charge in [-0.1, -0.05) is 35.3 Å². The molecule has 1 N–H and O–H groups in total. The number of phenols is 1. The van der Waals surface area contributed by atoms with Crippen molar-refractivity contribution < 1.29 is 9.90 Å². The number of carbonyl (C=O) groups is 1. The number of carbonyl (C=O) groups excluding carboxylic acids is 1. The van der Waals surface area contributed by atoms with Gasteiger partial charge in [-0.05, 0) is 42.7 Å². The summed E-state index contributed by atoms with van der Waals surface area (Å²) in [6, 6.07) is 10.1. The minimum absolute atomic E-state index is 0.126. The second-order valence-corrected chi connectivity index (χ2v) is 5.79. The molecule has 0 spiro atoms. The van der Waals surface area contributed by atoms with Crippen LogP contribution < -0.4 is 4.90 Å². The molecule has 0 aromatic heterocycles. The van der Waals surface area contributed by atoms with Gasteiger partial charge in [0.25, 0.3) is 5.91 Å². The SMILES string of the molecule is O=C(c1ccc(Cl)c(Cl)c1)N1CCCc2cccc(O)c21. The van der Waals surface area contributed by atoms with E-state index in [9.17, 15) is 9.90 Å². The Morgan fingerprint density at radius 2 is 1.95 bits per heavy atom. The van der Waals surface area contributed by atoms with Crippen molar-refractivity contribution in [2.24, 2.45) is 0 Å². The molecule has 2 aromatic carbocycles. The van der Waals surface area contributed by atoms with E-state index >= 15 is 0 Å². The number of nitrogens with zero attached hydrogens (tertiary/aromatic N) is 1. The molecule has 1 aliphatic heterocycles. The lowest BCUT2D eigenvalue weighted by Gasteiger charge is -2.30. The Morgan fingerprint density at radius 1 is 1.14 bits per heavy atom. The zero-order chi connectivity index (χ0) is 15.0. The molecule has 1 aliphatic rings. The number of hydrogen-bond donors (Lipinski definition) is 1. The molecule has 5 heteroatoms. The summed E-state index contributed by atoms with van der Waals surface area (Å²) in [6.45, 7) is 0.573. The molecule has 2 aromatic rings. The highest BCUT2D eigenvalue weighted by Gasteiger charge is 2.26. The van der Waals surface area contributed by atoms with Crippen LogP contribution in [-0.2, 0) is 6.42 Å². The zero-order valence-electron chi connectivity index (χ0n) is 11.1. The van der Waals surface area contributed by atoms with Gasteiger partial charge in [-0.25, -0.2) is 0 Å². The molecule has 21 heavy (non-hydrogen) atoms. The van der Waals surface area contributed by atoms with Crippen LogP contribution in [0.1, 0.15) is 22.3 Å². The smallest absolute Gasteiger partial charge is 0.258 e. The van der Waals surface area contributed by atoms with Crippen molar-refractivity contribution in [3.63, 3.8) is 0 Å². The summed E-state index contributed by atoms with van der Waals surface area (Å²) in [5, 5.41) is 10.8. The number of aromatic hydroxyl groups is 1. The van der Waals surface area contributed by atoms with Crippen molar-refractivity contribution in [3.8, 4) is 5.75 Å². The molecule has 3 nitrogen and oxygen atoms in total. The van der Waals surface area contributed by atoms with Gasteiger partial charge in [-0.2, -0.15) is 0 Å². The lowest BCUT2D eigenvalue weighted by Crippen LogP contribution is -2.35. The summed E-state index contributed by atoms with van der Waals surface area (Å²) in [7, 11) is 0. The van der Waals surface area contributed by atoms with E-state index in [0.29, 0.717) is 27.8 Å². The average Bonchev–Trinajstić information content (AvgIpc) is 2.49. The molecule has 1 heterocycles. The minimum atomic E-state index is -0.184. The molecule has 0 saturated heterocycles. The lowest BCUT2D eigenvalue weighted by atomic mass is 10.00. The van der Waals surface area contributed by atoms with Crippen molar-refractivity contribution in [3.05, 3.63) is 57.6 Å². The maximum atomic E-state index is 12.7. The van der Waals surface area contributed by atoms with Crippen LogP contribution in [0.3, 0.4) is 0 Å². The van der Waals surface area contributed by atoms with Gasteiger partial charge in [0, 0.05) is 12.1 Å². The summed E-state index contributed by atoms with van der Waals surface area (Å²) in [5.41, 5.74) is 2.04. The molecule has 0 aliphatic carbocycles. The van der Waals surface area contributed by atoms with Crippen LogP contribution in [0.25, 0.3) is 0 Å². The highest BCUT2D eigenvalue weighted by atomic mass is 35.5. The van der Waals surface area contributed by atoms with E-state index in [1.807, 2.05) is 6.07 Å². The number of phenolic OH excluding ortho intramolecular Hbond substituents is 1. The quantitative estimate of drug-likeness (QED) is 0.851. The van der Waals surface area contributed by atoms with Crippen LogP contribution in [0.2, 0.25) is 10.0 Å². The maximum Gasteiger partial charge on any atom is 0.258 e. The van der Waals surface area contributed by atoms with Crippen LogP contribution in [0.4, 0.5) is 5.69 Å². The number of amides is 1. The molecule has 0 fully saturated rings. The van der Waals surface area contributed by atoms with E-state index in [1.54, 1.807) is 35.2 Å². The summed E-state index contributed by atoms with van der Waals surface area (Å²) < 4.78 is 0. The number of hydrogen-bond acceptors (Lipinski definition) is 2. The lowest BCUT2D eigenvalue weighted by molar-refractivity contribution is 0.0984. The van der Waals surface area contributed by atoms with Gasteiger partial charge in [-0.15, -0.1) is 0 Å². The predicted octanol–water partition coefficient (Wildman–Crippen LogP) is 4.29. The van der Waals surface area contributed by atoms with Crippen LogP contribution in [-0.4, -0.2) is 17.6 Å². The Bertz CT molecular complexity index is 715. The fourth-order valence-electron chi connectivity index (χ4n) is 2.62. The van der Waals surface area contributed by atoms with Gasteiger partial charge in [0.05, 0.1) is 15.7 Å². The van der Waals surface area contributed by atoms with E-state index in [2.05, 4.69) is 0 Å². The highest BCUT2D eigenvalue weighted by molar-refractivity contribution is 6.42. The first kappa shape index (κ1) is 14.2. The van der Waals surface area contributed by atoms with Gasteiger partial charge in [0.1, 0.15) is 5.75 Å². The first-order chi connectivity index (χ1) is 10.1. The van der Waals surface area contributed by atoms with E-state index in [1.165, 1.54) is 0 Å². The van der Waals surface area contributed by atoms with Crippen LogP contribution in [0.15, 0.2) is 36.4 Å². The number of benzene rings is 2. The third kappa shape index (κ3) is 2.59. The molecule has 0 unspecified atom stereocenters. The molecule has 3 rings (SSSR count). The average molecular weight is 322 g/mol. The van der Waals surface area contributed by atoms with E-state index in [0.717, 1.165) is 18.4 Å². The number of rotatable bonds is 1. The molecule has 0 saturated carbocycles. The third-order valence-electron chi connectivity index (χ3n) is 3.61. The minimum Gasteiger partial charge on any atom is -0.506 e. The predicted molar refractivity (Wildman–Crippen MR) is 84.6 cm³/mol. The van der Waals surface area contributed by atoms with Gasteiger partial charge in [0.2, 0.25) is 0 Å². The van der Waals surface area contributed by atoms with Gasteiger partial charge in [0.15, 0.2) is 0 Å². The molecular weight excluding hydrogens is 309 g/mol. The van der Waals surface area contributed by atoms with Crippen LogP contribution in [0, 0.1) is 0 Å². The third-order valence-corrected chi connectivity index (χ3v) is 4.35. The highest BCUT2D eigenvalue weighted by Crippen LogP contribution is 2.36. The number of halogens is 2. The van der Waals surface area contributed by atoms with Crippen molar-refractivity contribution >= 4 is 34.8 Å². The zero-order valence-corrected chi connectivity index (χ0v) is 12.7. The standard InChI is InChI=1S/C16H13Cl2NO2/c17-12-7-6-11(9-13(12)18)16(21)19-8-2-4-10-3-1-5-14(20)15(10)19/h1,3,5-7,9,20H,2,4,8H2. The molecule has 0 bridgehead atoms. The van der Waals surface area contributed by atoms with Crippen LogP contribution >= 0.6 is 23.2 Å². The second-order valence-electron chi connectivity index (χ2n) is 4.97. The maximum absolute atomic E-state index is 12.7. The topological polar surface area (TPSA) is 40.5 Å². The van der Waals surface area contributed by atoms with Gasteiger partial charge in [-0.3, -0.25) is 4.79 Å². The first-order valence-corrected chi connectivity index (χ1v) is 7.41. The number of fused-ring (bicyclic) bond motifs is 1. The summed E-state index contributed by atoms with van der Waals surface area (Å²) in [5.74, 6) is -0.0587. The fraction of sp³-hybridized carbons (Fsp3) is 0.188. The number of anilines is 1. The molecule has 108 valence electrons. The number of aryl methyl sites for hydroxylation is 1. The normalized spacial score (nSPS) is 13.9. The Hall–Kier alpha value is -1.71. The van der Waals surface area contributed by atoms with Crippen molar-refractivity contribution in [2.45, 2.75) is 12.8 Å². The Morgan fingerprint density at radius 3 is 2.71 bits per heavy atom. The summed E-state index contributed by atoms with van der Waals surface area (Å²) in [6.07, 6.45) is 1.72. The Labute approximate surface area is 132 Å². The Kier molecular flexibility index (Phi) is 3.79. The molecule has 0 radical (unpaired) electrons. The molecule has 0 atom stereocenters. The van der Waals surface area contributed by atoms with E-state index < -0.39 is 0 Å². The molecular formula is C16H13Cl2NO2. The fourth-order valence-corrected chi connectivity index (χ4v) is 2.92. The van der Waals surface area contributed by atoms with Crippen molar-refractivity contribution in [1.29, 1.82) is 0 Å². The van der Waals surface area contributed by atoms with Crippen LogP contribution in [0.5, 0.6) is 5.75 Å². The number of para-hydroxylation sites is 1. The van der Waals surface area contributed by atoms with Crippen molar-refractivity contribution in [1.82, 2.24) is 0 Å². The monoisotopic (exact) mass is 321 g/mol. The van der Waals surface area contributed by atoms with E-state index in [4.69, 9.17) is 23.2 Å². The summed E-state index contributed by atoms with van der Waals surface area (Å²) >= 11 is 11.9. The van der Waals surface area contributed by atoms with Gasteiger partial charge >= 0.3 is 0 Å². The van der Waals surface area contributed by atoms with E-state index in [-0.39, 0.29) is 11.7 Å². The largest absolute Gasteiger partial charge is 0.506 e.